The van der Waals surface area contributed by atoms with E-state index in [0.29, 0.717) is 18.7 Å². The van der Waals surface area contributed by atoms with E-state index in [1.165, 1.54) is 12.1 Å². The summed E-state index contributed by atoms with van der Waals surface area (Å²) in [6, 6.07) is 14.0. The van der Waals surface area contributed by atoms with Crippen LogP contribution >= 0.6 is 11.8 Å². The zero-order valence-electron chi connectivity index (χ0n) is 15.0. The molecule has 0 saturated heterocycles. The standard InChI is InChI=1S/C20H21FN4OS/c1-2-3-19(26)23-17-10-6-15(7-11-17)18-13-27-20(25-24-18)22-12-14-4-8-16(21)9-5-14/h4-11H,2-3,12-13H2,1H3,(H,22,25)(H,23,26). The molecule has 140 valence electrons. The molecule has 0 spiro atoms. The maximum Gasteiger partial charge on any atom is 0.224 e. The predicted octanol–water partition coefficient (Wildman–Crippen LogP) is 4.16. The van der Waals surface area contributed by atoms with E-state index in [4.69, 9.17) is 0 Å². The van der Waals surface area contributed by atoms with E-state index in [2.05, 4.69) is 20.8 Å². The number of amides is 1. The Bertz CT molecular complexity index is 847. The van der Waals surface area contributed by atoms with E-state index >= 15 is 0 Å². The van der Waals surface area contributed by atoms with E-state index in [9.17, 15) is 9.18 Å². The van der Waals surface area contributed by atoms with Crippen LogP contribution in [0.4, 0.5) is 10.1 Å². The van der Waals surface area contributed by atoms with Gasteiger partial charge in [0.1, 0.15) is 5.82 Å². The number of anilines is 1. The highest BCUT2D eigenvalue weighted by molar-refractivity contribution is 8.14. The minimum atomic E-state index is -0.248. The van der Waals surface area contributed by atoms with Gasteiger partial charge in [-0.05, 0) is 41.8 Å². The molecule has 0 unspecified atom stereocenters. The van der Waals surface area contributed by atoms with Crippen molar-refractivity contribution in [3.8, 4) is 0 Å². The number of hydrazone groups is 1. The van der Waals surface area contributed by atoms with Gasteiger partial charge >= 0.3 is 0 Å². The van der Waals surface area contributed by atoms with Gasteiger partial charge in [0, 0.05) is 17.9 Å². The molecule has 1 aliphatic rings. The highest BCUT2D eigenvalue weighted by Crippen LogP contribution is 2.17. The van der Waals surface area contributed by atoms with Crippen LogP contribution in [-0.4, -0.2) is 22.5 Å². The van der Waals surface area contributed by atoms with Gasteiger partial charge in [0.2, 0.25) is 5.91 Å². The molecule has 3 rings (SSSR count). The molecule has 0 aromatic heterocycles. The smallest absolute Gasteiger partial charge is 0.224 e. The van der Waals surface area contributed by atoms with Gasteiger partial charge in [-0.25, -0.2) is 4.39 Å². The largest absolute Gasteiger partial charge is 0.326 e. The summed E-state index contributed by atoms with van der Waals surface area (Å²) in [5, 5.41) is 8.01. The molecule has 2 N–H and O–H groups in total. The average molecular weight is 384 g/mol. The molecule has 27 heavy (non-hydrogen) atoms. The van der Waals surface area contributed by atoms with Crippen molar-refractivity contribution in [3.63, 3.8) is 0 Å². The highest BCUT2D eigenvalue weighted by atomic mass is 32.2. The first-order valence-electron chi connectivity index (χ1n) is 8.78. The number of nitrogens with zero attached hydrogens (tertiary/aromatic N) is 2. The second-order valence-corrected chi connectivity index (χ2v) is 7.05. The Hall–Kier alpha value is -2.67. The molecule has 0 fully saturated rings. The molecule has 7 heteroatoms. The maximum absolute atomic E-state index is 12.9. The lowest BCUT2D eigenvalue weighted by Gasteiger charge is -2.15. The molecule has 1 heterocycles. The van der Waals surface area contributed by atoms with Gasteiger partial charge in [0.15, 0.2) is 5.17 Å². The number of rotatable bonds is 6. The summed E-state index contributed by atoms with van der Waals surface area (Å²) in [5.41, 5.74) is 6.63. The van der Waals surface area contributed by atoms with E-state index < -0.39 is 0 Å². The molecule has 0 radical (unpaired) electrons. The lowest BCUT2D eigenvalue weighted by molar-refractivity contribution is -0.116. The van der Waals surface area contributed by atoms with Crippen molar-refractivity contribution in [2.45, 2.75) is 26.3 Å². The molecule has 2 aromatic rings. The van der Waals surface area contributed by atoms with Crippen LogP contribution < -0.4 is 10.7 Å². The topological polar surface area (TPSA) is 65.8 Å². The number of carbonyl (C=O) groups excluding carboxylic acids is 1. The van der Waals surface area contributed by atoms with Crippen LogP contribution in [0.1, 0.15) is 30.9 Å². The molecule has 0 atom stereocenters. The third-order valence-corrected chi connectivity index (χ3v) is 4.84. The van der Waals surface area contributed by atoms with E-state index in [1.807, 2.05) is 31.2 Å². The quantitative estimate of drug-likeness (QED) is 0.786. The van der Waals surface area contributed by atoms with Crippen molar-refractivity contribution < 1.29 is 9.18 Å². The van der Waals surface area contributed by atoms with E-state index in [1.54, 1.807) is 23.9 Å². The Balaban J connectivity index is 1.57. The normalized spacial score (nSPS) is 15.2. The second-order valence-electron chi connectivity index (χ2n) is 6.08. The van der Waals surface area contributed by atoms with Crippen LogP contribution in [0.3, 0.4) is 0 Å². The van der Waals surface area contributed by atoms with Gasteiger partial charge in [0.25, 0.3) is 0 Å². The first kappa shape index (κ1) is 19.1. The molecular formula is C20H21FN4OS. The Kier molecular flexibility index (Phi) is 6.59. The fourth-order valence-corrected chi connectivity index (χ4v) is 3.27. The number of nitrogens with one attached hydrogen (secondary N) is 2. The summed E-state index contributed by atoms with van der Waals surface area (Å²) in [5.74, 6) is 0.484. The van der Waals surface area contributed by atoms with Crippen LogP contribution in [0.2, 0.25) is 0 Å². The summed E-state index contributed by atoms with van der Waals surface area (Å²) >= 11 is 1.57. The number of aliphatic imine (C=N–C) groups is 1. The Morgan fingerprint density at radius 3 is 2.59 bits per heavy atom. The summed E-state index contributed by atoms with van der Waals surface area (Å²) in [4.78, 5) is 16.1. The number of halogens is 1. The van der Waals surface area contributed by atoms with Gasteiger partial charge in [-0.1, -0.05) is 43.0 Å². The van der Waals surface area contributed by atoms with Crippen LogP contribution in [0.15, 0.2) is 58.6 Å². The fourth-order valence-electron chi connectivity index (χ4n) is 2.49. The number of thioether (sulfide) groups is 1. The van der Waals surface area contributed by atoms with Crippen molar-refractivity contribution in [3.05, 3.63) is 65.5 Å². The molecule has 2 aromatic carbocycles. The number of carbonyl (C=O) groups is 1. The number of benzene rings is 2. The van der Waals surface area contributed by atoms with Crippen LogP contribution in [0.5, 0.6) is 0 Å². The summed E-state index contributed by atoms with van der Waals surface area (Å²) in [6.45, 7) is 2.46. The molecule has 0 bridgehead atoms. The van der Waals surface area contributed by atoms with Crippen LogP contribution in [0.25, 0.3) is 0 Å². The second kappa shape index (κ2) is 9.32. The molecular weight excluding hydrogens is 363 g/mol. The minimum Gasteiger partial charge on any atom is -0.326 e. The molecule has 1 aliphatic heterocycles. The number of hydrogen-bond acceptors (Lipinski definition) is 4. The summed E-state index contributed by atoms with van der Waals surface area (Å²) in [6.07, 6.45) is 1.35. The monoisotopic (exact) mass is 384 g/mol. The lowest BCUT2D eigenvalue weighted by atomic mass is 10.1. The lowest BCUT2D eigenvalue weighted by Crippen LogP contribution is -2.25. The van der Waals surface area contributed by atoms with E-state index in [-0.39, 0.29) is 11.7 Å². The molecule has 5 nitrogen and oxygen atoms in total. The van der Waals surface area contributed by atoms with Gasteiger partial charge in [-0.15, -0.1) is 0 Å². The summed E-state index contributed by atoms with van der Waals surface area (Å²) < 4.78 is 12.9. The van der Waals surface area contributed by atoms with Crippen molar-refractivity contribution in [2.75, 3.05) is 11.1 Å². The number of hydrogen-bond donors (Lipinski definition) is 2. The molecule has 0 saturated carbocycles. The first-order valence-corrected chi connectivity index (χ1v) is 9.77. The first-order chi connectivity index (χ1) is 13.1. The maximum atomic E-state index is 12.9. The van der Waals surface area contributed by atoms with E-state index in [0.717, 1.165) is 34.1 Å². The summed E-state index contributed by atoms with van der Waals surface area (Å²) in [7, 11) is 0. The average Bonchev–Trinajstić information content (AvgIpc) is 2.69. The number of amidine groups is 1. The zero-order valence-corrected chi connectivity index (χ0v) is 15.9. The third kappa shape index (κ3) is 5.65. The Labute approximate surface area is 162 Å². The van der Waals surface area contributed by atoms with Crippen molar-refractivity contribution >= 4 is 34.2 Å². The Morgan fingerprint density at radius 1 is 1.22 bits per heavy atom. The van der Waals surface area contributed by atoms with Crippen LogP contribution in [-0.2, 0) is 11.3 Å². The Morgan fingerprint density at radius 2 is 1.96 bits per heavy atom. The third-order valence-electron chi connectivity index (χ3n) is 3.93. The van der Waals surface area contributed by atoms with Gasteiger partial charge in [0.05, 0.1) is 12.3 Å². The van der Waals surface area contributed by atoms with Gasteiger partial charge in [-0.3, -0.25) is 15.2 Å². The van der Waals surface area contributed by atoms with Crippen molar-refractivity contribution in [1.29, 1.82) is 0 Å². The van der Waals surface area contributed by atoms with Crippen molar-refractivity contribution in [1.82, 2.24) is 5.43 Å². The SMILES string of the molecule is CCCC(=O)Nc1ccc(C2=NNC(=NCc3ccc(F)cc3)SC2)cc1. The highest BCUT2D eigenvalue weighted by Gasteiger charge is 2.13. The predicted molar refractivity (Wildman–Crippen MR) is 110 cm³/mol. The van der Waals surface area contributed by atoms with Crippen molar-refractivity contribution in [2.24, 2.45) is 10.1 Å². The fraction of sp³-hybridized carbons (Fsp3) is 0.250. The van der Waals surface area contributed by atoms with Gasteiger partial charge in [-0.2, -0.15) is 5.10 Å². The van der Waals surface area contributed by atoms with Gasteiger partial charge < -0.3 is 5.32 Å². The zero-order chi connectivity index (χ0) is 19.1. The minimum absolute atomic E-state index is 0.0273. The van der Waals surface area contributed by atoms with Crippen LogP contribution in [0, 0.1) is 5.82 Å². The molecule has 1 amide bonds. The molecule has 0 aliphatic carbocycles.